The number of benzene rings is 1. The van der Waals surface area contributed by atoms with E-state index in [1.54, 1.807) is 19.1 Å². The van der Waals surface area contributed by atoms with Crippen molar-refractivity contribution < 1.29 is 14.7 Å². The number of amides is 2. The summed E-state index contributed by atoms with van der Waals surface area (Å²) in [6.45, 7) is 1.77. The molecule has 0 atom stereocenters. The summed E-state index contributed by atoms with van der Waals surface area (Å²) >= 11 is 0. The Morgan fingerprint density at radius 1 is 1.32 bits per heavy atom. The minimum atomic E-state index is -1.28. The van der Waals surface area contributed by atoms with Gasteiger partial charge in [0.2, 0.25) is 5.91 Å². The zero-order chi connectivity index (χ0) is 14.0. The molecule has 5 nitrogen and oxygen atoms in total. The lowest BCUT2D eigenvalue weighted by Crippen LogP contribution is -2.40. The summed E-state index contributed by atoms with van der Waals surface area (Å²) in [6, 6.07) is 4.94. The molecule has 0 aliphatic heterocycles. The fraction of sp³-hybridized carbons (Fsp3) is 0.429. The SMILES string of the molecule is Cc1ccc(NC(=O)C2(O)CCCC2)cc1C(N)=O. The largest absolute Gasteiger partial charge is 0.380 e. The number of aryl methyl sites for hydroxylation is 1. The van der Waals surface area contributed by atoms with Crippen LogP contribution in [0.25, 0.3) is 0 Å². The standard InChI is InChI=1S/C14H18N2O3/c1-9-4-5-10(8-11(9)12(15)17)16-13(18)14(19)6-2-3-7-14/h4-5,8,19H,2-3,6-7H2,1H3,(H2,15,17)(H,16,18). The molecule has 1 aromatic rings. The third kappa shape index (κ3) is 2.76. The lowest BCUT2D eigenvalue weighted by Gasteiger charge is -2.21. The van der Waals surface area contributed by atoms with Crippen molar-refractivity contribution in [1.82, 2.24) is 0 Å². The van der Waals surface area contributed by atoms with Crippen LogP contribution in [0.5, 0.6) is 0 Å². The quantitative estimate of drug-likeness (QED) is 0.767. The van der Waals surface area contributed by atoms with Gasteiger partial charge in [-0.15, -0.1) is 0 Å². The summed E-state index contributed by atoms with van der Waals surface area (Å²) in [7, 11) is 0. The van der Waals surface area contributed by atoms with E-state index < -0.39 is 17.4 Å². The molecule has 1 fully saturated rings. The molecule has 0 aromatic heterocycles. The summed E-state index contributed by atoms with van der Waals surface area (Å²) in [6.07, 6.45) is 2.66. The second kappa shape index (κ2) is 5.01. The van der Waals surface area contributed by atoms with Crippen LogP contribution in [0.4, 0.5) is 5.69 Å². The van der Waals surface area contributed by atoms with Crippen molar-refractivity contribution in [3.05, 3.63) is 29.3 Å². The molecule has 4 N–H and O–H groups in total. The number of primary amides is 1. The highest BCUT2D eigenvalue weighted by Crippen LogP contribution is 2.30. The number of anilines is 1. The van der Waals surface area contributed by atoms with Crippen molar-refractivity contribution >= 4 is 17.5 Å². The van der Waals surface area contributed by atoms with Gasteiger partial charge in [-0.05, 0) is 50.3 Å². The maximum atomic E-state index is 12.0. The Labute approximate surface area is 111 Å². The predicted octanol–water partition coefficient (Wildman–Crippen LogP) is 1.34. The first-order valence-electron chi connectivity index (χ1n) is 6.37. The number of aliphatic hydroxyl groups is 1. The average Bonchev–Trinajstić information content (AvgIpc) is 2.79. The fourth-order valence-electron chi connectivity index (χ4n) is 2.40. The molecule has 0 bridgehead atoms. The van der Waals surface area contributed by atoms with Crippen LogP contribution in [0.15, 0.2) is 18.2 Å². The first-order chi connectivity index (χ1) is 8.92. The first-order valence-corrected chi connectivity index (χ1v) is 6.37. The Morgan fingerprint density at radius 2 is 1.95 bits per heavy atom. The lowest BCUT2D eigenvalue weighted by atomic mass is 10.0. The molecule has 1 saturated carbocycles. The monoisotopic (exact) mass is 262 g/mol. The zero-order valence-corrected chi connectivity index (χ0v) is 10.9. The van der Waals surface area contributed by atoms with E-state index in [4.69, 9.17) is 5.73 Å². The molecule has 0 spiro atoms. The molecule has 1 aliphatic rings. The molecule has 1 aliphatic carbocycles. The highest BCUT2D eigenvalue weighted by atomic mass is 16.3. The summed E-state index contributed by atoms with van der Waals surface area (Å²) in [4.78, 5) is 23.3. The van der Waals surface area contributed by atoms with Gasteiger partial charge in [-0.1, -0.05) is 6.07 Å². The van der Waals surface area contributed by atoms with Crippen LogP contribution in [0.2, 0.25) is 0 Å². The highest BCUT2D eigenvalue weighted by Gasteiger charge is 2.38. The number of hydrogen-bond acceptors (Lipinski definition) is 3. The van der Waals surface area contributed by atoms with Crippen molar-refractivity contribution in [2.45, 2.75) is 38.2 Å². The number of rotatable bonds is 3. The van der Waals surface area contributed by atoms with Gasteiger partial charge in [-0.2, -0.15) is 0 Å². The van der Waals surface area contributed by atoms with Crippen LogP contribution in [0.3, 0.4) is 0 Å². The fourth-order valence-corrected chi connectivity index (χ4v) is 2.40. The van der Waals surface area contributed by atoms with E-state index in [2.05, 4.69) is 5.32 Å². The molecule has 0 unspecified atom stereocenters. The number of carbonyl (C=O) groups is 2. The number of hydrogen-bond donors (Lipinski definition) is 3. The van der Waals surface area contributed by atoms with Crippen molar-refractivity contribution in [3.63, 3.8) is 0 Å². The number of carbonyl (C=O) groups excluding carboxylic acids is 2. The Balaban J connectivity index is 2.17. The maximum absolute atomic E-state index is 12.0. The molecular formula is C14H18N2O3. The molecule has 0 radical (unpaired) electrons. The van der Waals surface area contributed by atoms with E-state index in [0.717, 1.165) is 18.4 Å². The Kier molecular flexibility index (Phi) is 3.57. The number of nitrogens with two attached hydrogens (primary N) is 1. The molecule has 19 heavy (non-hydrogen) atoms. The van der Waals surface area contributed by atoms with Crippen molar-refractivity contribution in [1.29, 1.82) is 0 Å². The third-order valence-electron chi connectivity index (χ3n) is 3.61. The smallest absolute Gasteiger partial charge is 0.256 e. The van der Waals surface area contributed by atoms with Gasteiger partial charge < -0.3 is 16.2 Å². The Morgan fingerprint density at radius 3 is 2.53 bits per heavy atom. The Hall–Kier alpha value is -1.88. The van der Waals surface area contributed by atoms with Gasteiger partial charge in [-0.3, -0.25) is 9.59 Å². The van der Waals surface area contributed by atoms with E-state index in [1.807, 2.05) is 0 Å². The molecular weight excluding hydrogens is 244 g/mol. The highest BCUT2D eigenvalue weighted by molar-refractivity contribution is 6.00. The van der Waals surface area contributed by atoms with Crippen LogP contribution in [0.1, 0.15) is 41.6 Å². The molecule has 2 rings (SSSR count). The minimum absolute atomic E-state index is 0.371. The zero-order valence-electron chi connectivity index (χ0n) is 10.9. The van der Waals surface area contributed by atoms with E-state index in [9.17, 15) is 14.7 Å². The van der Waals surface area contributed by atoms with Crippen LogP contribution < -0.4 is 11.1 Å². The topological polar surface area (TPSA) is 92.4 Å². The summed E-state index contributed by atoms with van der Waals surface area (Å²) in [5.41, 5.74) is 5.58. The summed E-state index contributed by atoms with van der Waals surface area (Å²) < 4.78 is 0. The van der Waals surface area contributed by atoms with Gasteiger partial charge in [0.15, 0.2) is 0 Å². The predicted molar refractivity (Wildman–Crippen MR) is 71.7 cm³/mol. The first kappa shape index (κ1) is 13.5. The molecule has 0 saturated heterocycles. The van der Waals surface area contributed by atoms with Crippen molar-refractivity contribution in [3.8, 4) is 0 Å². The van der Waals surface area contributed by atoms with Gasteiger partial charge in [0.1, 0.15) is 5.60 Å². The second-order valence-electron chi connectivity index (χ2n) is 5.09. The summed E-state index contributed by atoms with van der Waals surface area (Å²) in [5.74, 6) is -0.947. The van der Waals surface area contributed by atoms with Gasteiger partial charge in [-0.25, -0.2) is 0 Å². The van der Waals surface area contributed by atoms with Gasteiger partial charge in [0.25, 0.3) is 5.91 Å². The van der Waals surface area contributed by atoms with Crippen LogP contribution >= 0.6 is 0 Å². The number of nitrogens with one attached hydrogen (secondary N) is 1. The van der Waals surface area contributed by atoms with Crippen LogP contribution in [0, 0.1) is 6.92 Å². The minimum Gasteiger partial charge on any atom is -0.380 e. The molecule has 0 heterocycles. The van der Waals surface area contributed by atoms with E-state index >= 15 is 0 Å². The second-order valence-corrected chi connectivity index (χ2v) is 5.09. The van der Waals surface area contributed by atoms with E-state index in [1.165, 1.54) is 6.07 Å². The Bertz CT molecular complexity index is 519. The van der Waals surface area contributed by atoms with Crippen molar-refractivity contribution in [2.24, 2.45) is 5.73 Å². The van der Waals surface area contributed by atoms with E-state index in [0.29, 0.717) is 24.1 Å². The average molecular weight is 262 g/mol. The molecule has 102 valence electrons. The van der Waals surface area contributed by atoms with E-state index in [-0.39, 0.29) is 0 Å². The van der Waals surface area contributed by atoms with Crippen molar-refractivity contribution in [2.75, 3.05) is 5.32 Å². The third-order valence-corrected chi connectivity index (χ3v) is 3.61. The molecule has 2 amide bonds. The summed E-state index contributed by atoms with van der Waals surface area (Å²) in [5, 5.41) is 12.8. The normalized spacial score (nSPS) is 17.2. The molecule has 1 aromatic carbocycles. The van der Waals surface area contributed by atoms with Gasteiger partial charge >= 0.3 is 0 Å². The maximum Gasteiger partial charge on any atom is 0.256 e. The van der Waals surface area contributed by atoms with Gasteiger partial charge in [0, 0.05) is 11.3 Å². The van der Waals surface area contributed by atoms with Crippen LogP contribution in [-0.2, 0) is 4.79 Å². The molecule has 5 heteroatoms. The van der Waals surface area contributed by atoms with Crippen LogP contribution in [-0.4, -0.2) is 22.5 Å². The lowest BCUT2D eigenvalue weighted by molar-refractivity contribution is -0.133. The van der Waals surface area contributed by atoms with Gasteiger partial charge in [0.05, 0.1) is 0 Å².